The lowest BCUT2D eigenvalue weighted by Gasteiger charge is -2.12. The topological polar surface area (TPSA) is 103 Å². The Hall–Kier alpha value is -2.85. The summed E-state index contributed by atoms with van der Waals surface area (Å²) >= 11 is 0. The number of carbonyl (C=O) groups excluding carboxylic acids is 1. The third-order valence-corrected chi connectivity index (χ3v) is 4.79. The van der Waals surface area contributed by atoms with Crippen LogP contribution in [0, 0.1) is 5.82 Å². The molecule has 0 unspecified atom stereocenters. The van der Waals surface area contributed by atoms with E-state index in [1.807, 2.05) is 10.3 Å². The summed E-state index contributed by atoms with van der Waals surface area (Å²) in [5.41, 5.74) is 2.01. The number of ether oxygens (including phenoxy) is 3. The van der Waals surface area contributed by atoms with Gasteiger partial charge < -0.3 is 14.2 Å². The molecule has 1 aliphatic rings. The molecule has 0 aromatic heterocycles. The summed E-state index contributed by atoms with van der Waals surface area (Å²) < 4.78 is 53.9. The number of fused-ring (bicyclic) bond motifs is 1. The first-order valence-electron chi connectivity index (χ1n) is 8.03. The van der Waals surface area contributed by atoms with Gasteiger partial charge in [0.2, 0.25) is 0 Å². The first kappa shape index (κ1) is 18.9. The second kappa shape index (κ2) is 8.23. The Kier molecular flexibility index (Phi) is 5.77. The van der Waals surface area contributed by atoms with Gasteiger partial charge in [0, 0.05) is 12.5 Å². The Morgan fingerprint density at radius 3 is 2.63 bits per heavy atom. The van der Waals surface area contributed by atoms with Gasteiger partial charge in [-0.05, 0) is 24.3 Å². The summed E-state index contributed by atoms with van der Waals surface area (Å²) in [4.78, 5) is 13.6. The molecule has 0 atom stereocenters. The number of hydrogen-bond donors (Lipinski definition) is 2. The van der Waals surface area contributed by atoms with E-state index in [-0.39, 0.29) is 10.6 Å². The molecule has 144 valence electrons. The Labute approximate surface area is 155 Å². The summed E-state index contributed by atoms with van der Waals surface area (Å²) in [6, 6.07) is 9.68. The van der Waals surface area contributed by atoms with Crippen molar-refractivity contribution in [1.29, 1.82) is 0 Å². The van der Waals surface area contributed by atoms with Crippen LogP contribution in [-0.4, -0.2) is 34.1 Å². The third kappa shape index (κ3) is 4.86. The fourth-order valence-electron chi connectivity index (χ4n) is 2.23. The van der Waals surface area contributed by atoms with E-state index in [4.69, 9.17) is 14.2 Å². The molecular weight excluding hydrogens is 379 g/mol. The quantitative estimate of drug-likeness (QED) is 0.715. The zero-order valence-electron chi connectivity index (χ0n) is 14.1. The molecule has 0 fully saturated rings. The molecule has 0 spiro atoms. The average Bonchev–Trinajstić information content (AvgIpc) is 2.90. The Balaban J connectivity index is 1.59. The van der Waals surface area contributed by atoms with Gasteiger partial charge in [-0.15, -0.1) is 4.83 Å². The van der Waals surface area contributed by atoms with Crippen LogP contribution in [-0.2, 0) is 14.8 Å². The van der Waals surface area contributed by atoms with Crippen molar-refractivity contribution in [3.8, 4) is 17.2 Å². The highest BCUT2D eigenvalue weighted by Crippen LogP contribution is 2.31. The molecule has 1 aliphatic heterocycles. The smallest absolute Gasteiger partial charge is 0.272 e. The maximum absolute atomic E-state index is 13.4. The molecule has 8 nitrogen and oxygen atoms in total. The number of nitrogens with one attached hydrogen (secondary N) is 2. The normalized spacial score (nSPS) is 13.5. The second-order valence-corrected chi connectivity index (χ2v) is 7.21. The van der Waals surface area contributed by atoms with Gasteiger partial charge in [-0.2, -0.15) is 0 Å². The zero-order chi connectivity index (χ0) is 19.3. The molecule has 0 aliphatic carbocycles. The molecule has 2 N–H and O–H groups in total. The molecule has 10 heteroatoms. The summed E-state index contributed by atoms with van der Waals surface area (Å²) in [5, 5.41) is 0. The van der Waals surface area contributed by atoms with Crippen molar-refractivity contribution >= 4 is 15.9 Å². The van der Waals surface area contributed by atoms with Crippen LogP contribution in [0.4, 0.5) is 4.39 Å². The molecule has 3 rings (SSSR count). The van der Waals surface area contributed by atoms with Crippen molar-refractivity contribution in [2.75, 3.05) is 19.8 Å². The van der Waals surface area contributed by atoms with Gasteiger partial charge >= 0.3 is 0 Å². The molecule has 0 saturated carbocycles. The number of hydrazine groups is 1. The predicted octanol–water partition coefficient (Wildman–Crippen LogP) is 1.38. The van der Waals surface area contributed by atoms with Crippen molar-refractivity contribution in [2.24, 2.45) is 0 Å². The zero-order valence-corrected chi connectivity index (χ0v) is 14.9. The van der Waals surface area contributed by atoms with Crippen molar-refractivity contribution < 1.29 is 31.8 Å². The van der Waals surface area contributed by atoms with E-state index in [2.05, 4.69) is 0 Å². The van der Waals surface area contributed by atoms with E-state index in [0.29, 0.717) is 31.1 Å². The van der Waals surface area contributed by atoms with Crippen molar-refractivity contribution in [3.05, 3.63) is 48.3 Å². The van der Waals surface area contributed by atoms with E-state index in [9.17, 15) is 17.6 Å². The highest BCUT2D eigenvalue weighted by atomic mass is 32.2. The van der Waals surface area contributed by atoms with Gasteiger partial charge in [0.05, 0.1) is 18.1 Å². The fourth-order valence-corrected chi connectivity index (χ4v) is 3.11. The first-order valence-corrected chi connectivity index (χ1v) is 9.52. The van der Waals surface area contributed by atoms with Crippen LogP contribution in [0.5, 0.6) is 17.2 Å². The van der Waals surface area contributed by atoms with Crippen LogP contribution in [0.3, 0.4) is 0 Å². The molecule has 0 saturated heterocycles. The van der Waals surface area contributed by atoms with Gasteiger partial charge in [0.25, 0.3) is 15.9 Å². The van der Waals surface area contributed by atoms with Gasteiger partial charge in [0.15, 0.2) is 29.7 Å². The summed E-state index contributed by atoms with van der Waals surface area (Å²) in [7, 11) is -4.04. The Morgan fingerprint density at radius 2 is 1.85 bits per heavy atom. The molecule has 1 amide bonds. The van der Waals surface area contributed by atoms with Gasteiger partial charge in [-0.25, -0.2) is 12.8 Å². The molecule has 2 aromatic carbocycles. The van der Waals surface area contributed by atoms with E-state index in [0.717, 1.165) is 0 Å². The van der Waals surface area contributed by atoms with Crippen LogP contribution in [0.1, 0.15) is 6.42 Å². The van der Waals surface area contributed by atoms with E-state index >= 15 is 0 Å². The van der Waals surface area contributed by atoms with Gasteiger partial charge in [0.1, 0.15) is 0 Å². The average molecular weight is 396 g/mol. The number of rotatable bonds is 6. The minimum absolute atomic E-state index is 0.109. The number of para-hydroxylation sites is 1. The molecule has 0 radical (unpaired) electrons. The molecule has 1 heterocycles. The number of amides is 1. The highest BCUT2D eigenvalue weighted by Gasteiger charge is 2.19. The lowest BCUT2D eigenvalue weighted by molar-refractivity contribution is -0.123. The van der Waals surface area contributed by atoms with Gasteiger partial charge in [-0.3, -0.25) is 10.2 Å². The summed E-state index contributed by atoms with van der Waals surface area (Å²) in [6.07, 6.45) is 0.688. The summed E-state index contributed by atoms with van der Waals surface area (Å²) in [5.74, 6) is -0.772. The molecule has 0 bridgehead atoms. The second-order valence-electron chi connectivity index (χ2n) is 5.53. The number of hydrogen-bond acceptors (Lipinski definition) is 6. The van der Waals surface area contributed by atoms with Crippen molar-refractivity contribution in [3.63, 3.8) is 0 Å². The minimum Gasteiger partial charge on any atom is -0.490 e. The molecular formula is C17H17FN2O6S. The maximum atomic E-state index is 13.4. The number of benzene rings is 2. The third-order valence-electron chi connectivity index (χ3n) is 3.55. The largest absolute Gasteiger partial charge is 0.490 e. The Bertz CT molecular complexity index is 935. The van der Waals surface area contributed by atoms with Crippen LogP contribution >= 0.6 is 0 Å². The molecule has 27 heavy (non-hydrogen) atoms. The highest BCUT2D eigenvalue weighted by molar-refractivity contribution is 7.89. The lowest BCUT2D eigenvalue weighted by Crippen LogP contribution is -2.43. The minimum atomic E-state index is -4.04. The van der Waals surface area contributed by atoms with Gasteiger partial charge in [-0.1, -0.05) is 12.1 Å². The number of sulfonamides is 1. The fraction of sp³-hybridized carbons (Fsp3) is 0.235. The number of carbonyl (C=O) groups is 1. The first-order chi connectivity index (χ1) is 13.0. The van der Waals surface area contributed by atoms with Crippen LogP contribution in [0.25, 0.3) is 0 Å². The number of halogens is 1. The van der Waals surface area contributed by atoms with Crippen molar-refractivity contribution in [1.82, 2.24) is 10.3 Å². The predicted molar refractivity (Wildman–Crippen MR) is 92.4 cm³/mol. The lowest BCUT2D eigenvalue weighted by atomic mass is 10.3. The van der Waals surface area contributed by atoms with E-state index < -0.39 is 28.4 Å². The van der Waals surface area contributed by atoms with Crippen molar-refractivity contribution in [2.45, 2.75) is 11.3 Å². The SMILES string of the molecule is O=C(COc1ccccc1F)NNS(=O)(=O)c1ccc2c(c1)OCCCO2. The van der Waals surface area contributed by atoms with Crippen LogP contribution in [0.2, 0.25) is 0 Å². The van der Waals surface area contributed by atoms with Crippen LogP contribution < -0.4 is 24.5 Å². The van der Waals surface area contributed by atoms with E-state index in [1.165, 1.54) is 36.4 Å². The van der Waals surface area contributed by atoms with E-state index in [1.54, 1.807) is 6.07 Å². The molecule has 2 aromatic rings. The monoisotopic (exact) mass is 396 g/mol. The summed E-state index contributed by atoms with van der Waals surface area (Å²) in [6.45, 7) is 0.327. The van der Waals surface area contributed by atoms with Crippen LogP contribution in [0.15, 0.2) is 47.4 Å². The standard InChI is InChI=1S/C17H17FN2O6S/c18-13-4-1-2-5-14(13)26-11-17(21)19-20-27(22,23)12-6-7-15-16(10-12)25-9-3-8-24-15/h1-2,4-7,10,20H,3,8-9,11H2,(H,19,21). The maximum Gasteiger partial charge on any atom is 0.272 e. The Morgan fingerprint density at radius 1 is 1.11 bits per heavy atom.